The van der Waals surface area contributed by atoms with Crippen molar-refractivity contribution in [3.63, 3.8) is 0 Å². The van der Waals surface area contributed by atoms with Crippen molar-refractivity contribution in [2.45, 2.75) is 0 Å². The van der Waals surface area contributed by atoms with Gasteiger partial charge in [0, 0.05) is 11.6 Å². The Balaban J connectivity index is 1.58. The number of ether oxygens (including phenoxy) is 4. The molecule has 33 heavy (non-hydrogen) atoms. The molecule has 0 spiro atoms. The number of halogens is 2. The highest BCUT2D eigenvalue weighted by atomic mass is 19.1. The largest absolute Gasteiger partial charge is 0.493 e. The zero-order valence-corrected chi connectivity index (χ0v) is 18.1. The molecular weight excluding hydrogens is 436 g/mol. The van der Waals surface area contributed by atoms with Gasteiger partial charge in [0.15, 0.2) is 23.1 Å². The molecule has 2 aromatic carbocycles. The van der Waals surface area contributed by atoms with Crippen molar-refractivity contribution in [3.05, 3.63) is 53.7 Å². The lowest BCUT2D eigenvalue weighted by atomic mass is 10.1. The van der Waals surface area contributed by atoms with Gasteiger partial charge in [-0.05, 0) is 30.3 Å². The molecule has 0 fully saturated rings. The summed E-state index contributed by atoms with van der Waals surface area (Å²) >= 11 is 0. The van der Waals surface area contributed by atoms with Crippen LogP contribution in [-0.2, 0) is 0 Å². The van der Waals surface area contributed by atoms with Gasteiger partial charge in [0.25, 0.3) is 5.91 Å². The van der Waals surface area contributed by atoms with Gasteiger partial charge in [0.05, 0.1) is 33.6 Å². The van der Waals surface area contributed by atoms with E-state index in [2.05, 4.69) is 27.4 Å². The minimum Gasteiger partial charge on any atom is -0.493 e. The van der Waals surface area contributed by atoms with Crippen LogP contribution in [0.15, 0.2) is 36.4 Å². The van der Waals surface area contributed by atoms with Gasteiger partial charge in [-0.25, -0.2) is 8.78 Å². The fraction of sp³-hybridized carbons (Fsp3) is 0.217. The molecule has 0 saturated heterocycles. The Morgan fingerprint density at radius 1 is 1.00 bits per heavy atom. The van der Waals surface area contributed by atoms with Crippen LogP contribution in [0.3, 0.4) is 0 Å². The van der Waals surface area contributed by atoms with Gasteiger partial charge in [-0.3, -0.25) is 9.89 Å². The Hall–Kier alpha value is -4.26. The van der Waals surface area contributed by atoms with E-state index in [9.17, 15) is 13.6 Å². The van der Waals surface area contributed by atoms with Gasteiger partial charge in [-0.15, -0.1) is 0 Å². The Kier molecular flexibility index (Phi) is 7.70. The molecule has 10 heteroatoms. The first kappa shape index (κ1) is 23.4. The van der Waals surface area contributed by atoms with E-state index < -0.39 is 17.5 Å². The van der Waals surface area contributed by atoms with Crippen LogP contribution in [0.1, 0.15) is 10.5 Å². The first-order valence-electron chi connectivity index (χ1n) is 9.64. The van der Waals surface area contributed by atoms with E-state index in [4.69, 9.17) is 18.9 Å². The van der Waals surface area contributed by atoms with Crippen LogP contribution in [0, 0.1) is 23.5 Å². The molecule has 3 aromatic rings. The topological polar surface area (TPSA) is 94.7 Å². The number of hydrogen-bond donors (Lipinski definition) is 2. The third-order valence-corrected chi connectivity index (χ3v) is 4.44. The van der Waals surface area contributed by atoms with Crippen LogP contribution in [0.25, 0.3) is 11.3 Å². The number of aromatic nitrogens is 2. The van der Waals surface area contributed by atoms with Crippen LogP contribution in [0.2, 0.25) is 0 Å². The Bertz CT molecular complexity index is 1180. The predicted molar refractivity (Wildman–Crippen MR) is 116 cm³/mol. The van der Waals surface area contributed by atoms with Gasteiger partial charge in [-0.1, -0.05) is 11.8 Å². The van der Waals surface area contributed by atoms with Gasteiger partial charge >= 0.3 is 0 Å². The molecule has 1 heterocycles. The monoisotopic (exact) mass is 457 g/mol. The number of methoxy groups -OCH3 is 3. The summed E-state index contributed by atoms with van der Waals surface area (Å²) in [6.45, 7) is -0.0829. The smallest absolute Gasteiger partial charge is 0.270 e. The molecule has 0 saturated carbocycles. The van der Waals surface area contributed by atoms with Crippen molar-refractivity contribution >= 4 is 5.91 Å². The second kappa shape index (κ2) is 10.9. The van der Waals surface area contributed by atoms with E-state index in [1.165, 1.54) is 27.4 Å². The van der Waals surface area contributed by atoms with Gasteiger partial charge in [-0.2, -0.15) is 5.10 Å². The Labute approximate surface area is 188 Å². The molecular formula is C23H21F2N3O5. The number of nitrogens with zero attached hydrogens (tertiary/aromatic N) is 1. The standard InChI is InChI=1S/C23H21F2N3O5/c1-30-20-10-14(11-21(31-2)22(20)32-3)17-13-18(28-27-17)23(29)26-8-4-5-9-33-19-7-6-15(24)12-16(19)25/h6-7,10-13H,8-9H2,1-3H3,(H,26,29)(H,27,28). The molecule has 0 atom stereocenters. The second-order valence-electron chi connectivity index (χ2n) is 6.48. The fourth-order valence-corrected chi connectivity index (χ4v) is 2.85. The van der Waals surface area contributed by atoms with E-state index in [1.54, 1.807) is 18.2 Å². The van der Waals surface area contributed by atoms with Crippen LogP contribution in [0.4, 0.5) is 8.78 Å². The highest BCUT2D eigenvalue weighted by Gasteiger charge is 2.17. The molecule has 0 unspecified atom stereocenters. The number of rotatable bonds is 8. The molecule has 1 aromatic heterocycles. The molecule has 0 radical (unpaired) electrons. The number of nitrogens with one attached hydrogen (secondary N) is 2. The number of carbonyl (C=O) groups is 1. The maximum Gasteiger partial charge on any atom is 0.270 e. The van der Waals surface area contributed by atoms with Crippen molar-refractivity contribution in [3.8, 4) is 46.1 Å². The Morgan fingerprint density at radius 2 is 1.73 bits per heavy atom. The molecule has 0 aliphatic heterocycles. The van der Waals surface area contributed by atoms with Crippen LogP contribution < -0.4 is 24.3 Å². The molecule has 172 valence electrons. The number of H-pyrrole nitrogens is 1. The summed E-state index contributed by atoms with van der Waals surface area (Å²) in [5.74, 6) is 4.65. The van der Waals surface area contributed by atoms with Crippen LogP contribution in [-0.4, -0.2) is 50.6 Å². The van der Waals surface area contributed by atoms with E-state index in [-0.39, 0.29) is 24.6 Å². The van der Waals surface area contributed by atoms with Crippen molar-refractivity contribution < 1.29 is 32.5 Å². The van der Waals surface area contributed by atoms with Crippen molar-refractivity contribution in [1.82, 2.24) is 15.5 Å². The number of amides is 1. The van der Waals surface area contributed by atoms with Crippen molar-refractivity contribution in [2.24, 2.45) is 0 Å². The molecule has 8 nitrogen and oxygen atoms in total. The second-order valence-corrected chi connectivity index (χ2v) is 6.48. The van der Waals surface area contributed by atoms with E-state index in [0.29, 0.717) is 28.5 Å². The van der Waals surface area contributed by atoms with E-state index >= 15 is 0 Å². The number of benzene rings is 2. The lowest BCUT2D eigenvalue weighted by Crippen LogP contribution is -2.24. The molecule has 2 N–H and O–H groups in total. The minimum absolute atomic E-state index is 0.0344. The summed E-state index contributed by atoms with van der Waals surface area (Å²) in [7, 11) is 4.52. The highest BCUT2D eigenvalue weighted by molar-refractivity contribution is 5.93. The summed E-state index contributed by atoms with van der Waals surface area (Å²) in [6, 6.07) is 7.99. The van der Waals surface area contributed by atoms with E-state index in [1.807, 2.05) is 0 Å². The summed E-state index contributed by atoms with van der Waals surface area (Å²) < 4.78 is 47.4. The predicted octanol–water partition coefficient (Wildman–Crippen LogP) is 3.19. The summed E-state index contributed by atoms with van der Waals surface area (Å²) in [6.07, 6.45) is 0. The number of aromatic amines is 1. The SMILES string of the molecule is COc1cc(-c2cc(C(=O)NCC#CCOc3ccc(F)cc3F)[nH]n2)cc(OC)c1OC. The Morgan fingerprint density at radius 3 is 2.36 bits per heavy atom. The zero-order chi connectivity index (χ0) is 23.8. The average Bonchev–Trinajstić information content (AvgIpc) is 3.31. The average molecular weight is 457 g/mol. The molecule has 0 bridgehead atoms. The molecule has 3 rings (SSSR count). The van der Waals surface area contributed by atoms with Crippen molar-refractivity contribution in [2.75, 3.05) is 34.5 Å². The lowest BCUT2D eigenvalue weighted by Gasteiger charge is -2.13. The highest BCUT2D eigenvalue weighted by Crippen LogP contribution is 2.40. The van der Waals surface area contributed by atoms with Crippen LogP contribution >= 0.6 is 0 Å². The first-order chi connectivity index (χ1) is 16.0. The van der Waals surface area contributed by atoms with Gasteiger partial charge < -0.3 is 24.3 Å². The molecule has 0 aliphatic carbocycles. The van der Waals surface area contributed by atoms with Gasteiger partial charge in [0.1, 0.15) is 18.1 Å². The third kappa shape index (κ3) is 5.71. The number of carbonyl (C=O) groups excluding carboxylic acids is 1. The third-order valence-electron chi connectivity index (χ3n) is 4.44. The fourth-order valence-electron chi connectivity index (χ4n) is 2.85. The van der Waals surface area contributed by atoms with Gasteiger partial charge in [0.2, 0.25) is 5.75 Å². The molecule has 1 amide bonds. The quantitative estimate of drug-likeness (QED) is 0.505. The number of hydrogen-bond acceptors (Lipinski definition) is 6. The lowest BCUT2D eigenvalue weighted by molar-refractivity contribution is 0.0953. The summed E-state index contributed by atoms with van der Waals surface area (Å²) in [5, 5.41) is 9.45. The van der Waals surface area contributed by atoms with Crippen LogP contribution in [0.5, 0.6) is 23.0 Å². The zero-order valence-electron chi connectivity index (χ0n) is 18.1. The van der Waals surface area contributed by atoms with E-state index in [0.717, 1.165) is 12.1 Å². The van der Waals surface area contributed by atoms with Crippen molar-refractivity contribution in [1.29, 1.82) is 0 Å². The summed E-state index contributed by atoms with van der Waals surface area (Å²) in [5.41, 5.74) is 1.38. The molecule has 0 aliphatic rings. The summed E-state index contributed by atoms with van der Waals surface area (Å²) in [4.78, 5) is 12.3. The minimum atomic E-state index is -0.813. The maximum absolute atomic E-state index is 13.5. The maximum atomic E-state index is 13.5. The first-order valence-corrected chi connectivity index (χ1v) is 9.64. The normalized spacial score (nSPS) is 10.1.